The lowest BCUT2D eigenvalue weighted by Gasteiger charge is -2.33. The Kier molecular flexibility index (Phi) is 7.78. The molecule has 1 aromatic heterocycles. The standard InChI is InChI=1S/C29H31N3O4S2/c1-3-21-9-14-26-27(19-21)37-29(30-26)32(20-22-7-5-4-6-8-22)28(33)23-15-17-31(18-16-23)38(34,35)25-12-10-24(36-2)11-13-25/h4-14,19,23H,3,15-18,20H2,1-2H3. The van der Waals surface area contributed by atoms with Crippen molar-refractivity contribution in [2.45, 2.75) is 37.6 Å². The summed E-state index contributed by atoms with van der Waals surface area (Å²) in [6.45, 7) is 3.13. The van der Waals surface area contributed by atoms with Gasteiger partial charge in [-0.2, -0.15) is 4.31 Å². The third-order valence-electron chi connectivity index (χ3n) is 7.03. The number of rotatable bonds is 8. The Morgan fingerprint density at radius 1 is 1.03 bits per heavy atom. The minimum Gasteiger partial charge on any atom is -0.497 e. The van der Waals surface area contributed by atoms with E-state index < -0.39 is 10.0 Å². The number of aromatic nitrogens is 1. The van der Waals surface area contributed by atoms with Crippen LogP contribution in [0.4, 0.5) is 5.13 Å². The van der Waals surface area contributed by atoms with Gasteiger partial charge in [-0.3, -0.25) is 9.69 Å². The topological polar surface area (TPSA) is 79.8 Å². The summed E-state index contributed by atoms with van der Waals surface area (Å²) < 4.78 is 34.1. The molecule has 0 spiro atoms. The van der Waals surface area contributed by atoms with Crippen LogP contribution in [0.1, 0.15) is 30.9 Å². The lowest BCUT2D eigenvalue weighted by molar-refractivity contribution is -0.123. The Morgan fingerprint density at radius 2 is 1.74 bits per heavy atom. The molecule has 0 aliphatic carbocycles. The van der Waals surface area contributed by atoms with Crippen LogP contribution in [0.25, 0.3) is 10.2 Å². The predicted octanol–water partition coefficient (Wildman–Crippen LogP) is 5.50. The monoisotopic (exact) mass is 549 g/mol. The van der Waals surface area contributed by atoms with Crippen molar-refractivity contribution in [3.8, 4) is 5.75 Å². The number of sulfonamides is 1. The highest BCUT2D eigenvalue weighted by molar-refractivity contribution is 7.89. The number of piperidine rings is 1. The van der Waals surface area contributed by atoms with E-state index >= 15 is 0 Å². The first-order chi connectivity index (χ1) is 18.4. The van der Waals surface area contributed by atoms with Crippen molar-refractivity contribution in [3.63, 3.8) is 0 Å². The smallest absolute Gasteiger partial charge is 0.243 e. The maximum atomic E-state index is 13.9. The molecule has 1 amide bonds. The molecule has 5 rings (SSSR count). The molecule has 4 aromatic rings. The molecule has 0 atom stereocenters. The number of methoxy groups -OCH3 is 1. The van der Waals surface area contributed by atoms with E-state index in [1.165, 1.54) is 21.2 Å². The van der Waals surface area contributed by atoms with E-state index in [4.69, 9.17) is 9.72 Å². The normalized spacial score (nSPS) is 15.0. The Bertz CT molecular complexity index is 1510. The van der Waals surface area contributed by atoms with E-state index in [-0.39, 0.29) is 16.7 Å². The number of ether oxygens (including phenoxy) is 1. The van der Waals surface area contributed by atoms with E-state index in [0.717, 1.165) is 22.2 Å². The van der Waals surface area contributed by atoms with Gasteiger partial charge in [0.05, 0.1) is 28.8 Å². The van der Waals surface area contributed by atoms with Gasteiger partial charge in [0, 0.05) is 19.0 Å². The molecular weight excluding hydrogens is 518 g/mol. The summed E-state index contributed by atoms with van der Waals surface area (Å²) in [5.41, 5.74) is 3.14. The third kappa shape index (κ3) is 5.45. The van der Waals surface area contributed by atoms with Crippen LogP contribution in [0.5, 0.6) is 5.75 Å². The van der Waals surface area contributed by atoms with Crippen molar-refractivity contribution in [2.24, 2.45) is 5.92 Å². The molecule has 0 bridgehead atoms. The second-order valence-electron chi connectivity index (χ2n) is 9.42. The Morgan fingerprint density at radius 3 is 2.39 bits per heavy atom. The average Bonchev–Trinajstić information content (AvgIpc) is 3.39. The second kappa shape index (κ2) is 11.2. The van der Waals surface area contributed by atoms with Crippen LogP contribution in [0.3, 0.4) is 0 Å². The van der Waals surface area contributed by atoms with Crippen LogP contribution in [0.15, 0.2) is 77.7 Å². The Balaban J connectivity index is 1.36. The second-order valence-corrected chi connectivity index (χ2v) is 12.4. The van der Waals surface area contributed by atoms with E-state index in [1.54, 1.807) is 36.3 Å². The first-order valence-electron chi connectivity index (χ1n) is 12.8. The number of aryl methyl sites for hydroxylation is 1. The zero-order valence-corrected chi connectivity index (χ0v) is 23.2. The van der Waals surface area contributed by atoms with Crippen molar-refractivity contribution in [2.75, 3.05) is 25.1 Å². The highest BCUT2D eigenvalue weighted by atomic mass is 32.2. The van der Waals surface area contributed by atoms with E-state index in [2.05, 4.69) is 19.1 Å². The number of fused-ring (bicyclic) bond motifs is 1. The van der Waals surface area contributed by atoms with E-state index in [1.807, 2.05) is 36.4 Å². The van der Waals surface area contributed by atoms with Crippen molar-refractivity contribution < 1.29 is 17.9 Å². The molecule has 1 saturated heterocycles. The van der Waals surface area contributed by atoms with Gasteiger partial charge in [-0.25, -0.2) is 13.4 Å². The van der Waals surface area contributed by atoms with Crippen LogP contribution in [0, 0.1) is 5.92 Å². The zero-order chi connectivity index (χ0) is 26.7. The molecule has 198 valence electrons. The van der Waals surface area contributed by atoms with Crippen molar-refractivity contribution in [1.82, 2.24) is 9.29 Å². The molecule has 38 heavy (non-hydrogen) atoms. The molecule has 1 fully saturated rings. The highest BCUT2D eigenvalue weighted by Crippen LogP contribution is 2.33. The summed E-state index contributed by atoms with van der Waals surface area (Å²) in [6.07, 6.45) is 1.86. The van der Waals surface area contributed by atoms with Gasteiger partial charge in [0.25, 0.3) is 0 Å². The van der Waals surface area contributed by atoms with Crippen molar-refractivity contribution in [3.05, 3.63) is 83.9 Å². The number of carbonyl (C=O) groups is 1. The van der Waals surface area contributed by atoms with Gasteiger partial charge in [-0.15, -0.1) is 0 Å². The summed E-state index contributed by atoms with van der Waals surface area (Å²) in [5, 5.41) is 0.676. The van der Waals surface area contributed by atoms with Crippen molar-refractivity contribution >= 4 is 42.6 Å². The summed E-state index contributed by atoms with van der Waals surface area (Å²) in [5.74, 6) is 0.317. The van der Waals surface area contributed by atoms with Crippen molar-refractivity contribution in [1.29, 1.82) is 0 Å². The van der Waals surface area contributed by atoms with Gasteiger partial charge in [0.1, 0.15) is 5.75 Å². The largest absolute Gasteiger partial charge is 0.497 e. The molecule has 9 heteroatoms. The number of amides is 1. The molecular formula is C29H31N3O4S2. The summed E-state index contributed by atoms with van der Waals surface area (Å²) in [7, 11) is -2.09. The molecule has 1 aliphatic heterocycles. The van der Waals surface area contributed by atoms with E-state index in [9.17, 15) is 13.2 Å². The maximum Gasteiger partial charge on any atom is 0.243 e. The van der Waals surface area contributed by atoms with Gasteiger partial charge in [0.2, 0.25) is 15.9 Å². The number of thiazole rings is 1. The van der Waals surface area contributed by atoms with Crippen LogP contribution >= 0.6 is 11.3 Å². The molecule has 2 heterocycles. The number of nitrogens with zero attached hydrogens (tertiary/aromatic N) is 3. The molecule has 0 saturated carbocycles. The molecule has 3 aromatic carbocycles. The van der Waals surface area contributed by atoms with Crippen LogP contribution in [-0.4, -0.2) is 43.8 Å². The SMILES string of the molecule is CCc1ccc2nc(N(Cc3ccccc3)C(=O)C3CCN(S(=O)(=O)c4ccc(OC)cc4)CC3)sc2c1. The van der Waals surface area contributed by atoms with Gasteiger partial charge in [0.15, 0.2) is 5.13 Å². The lowest BCUT2D eigenvalue weighted by Crippen LogP contribution is -2.44. The first kappa shape index (κ1) is 26.3. The number of carbonyl (C=O) groups excluding carboxylic acids is 1. The van der Waals surface area contributed by atoms with Crippen LogP contribution in [-0.2, 0) is 27.8 Å². The minimum absolute atomic E-state index is 0.00915. The summed E-state index contributed by atoms with van der Waals surface area (Å²) in [4.78, 5) is 20.7. The maximum absolute atomic E-state index is 13.9. The highest BCUT2D eigenvalue weighted by Gasteiger charge is 2.35. The Hall–Kier alpha value is -3.27. The summed E-state index contributed by atoms with van der Waals surface area (Å²) in [6, 6.07) is 22.5. The fourth-order valence-corrected chi connectivity index (χ4v) is 7.26. The van der Waals surface area contributed by atoms with Crippen LogP contribution in [0.2, 0.25) is 0 Å². The number of benzene rings is 3. The number of anilines is 1. The quantitative estimate of drug-likeness (QED) is 0.290. The van der Waals surface area contributed by atoms with Gasteiger partial charge >= 0.3 is 0 Å². The molecule has 0 unspecified atom stereocenters. The number of hydrogen-bond acceptors (Lipinski definition) is 6. The zero-order valence-electron chi connectivity index (χ0n) is 21.5. The lowest BCUT2D eigenvalue weighted by atomic mass is 9.96. The van der Waals surface area contributed by atoms with Gasteiger partial charge in [-0.1, -0.05) is 54.7 Å². The molecule has 0 radical (unpaired) electrons. The first-order valence-corrected chi connectivity index (χ1v) is 15.0. The minimum atomic E-state index is -3.64. The fourth-order valence-electron chi connectivity index (χ4n) is 4.76. The summed E-state index contributed by atoms with van der Waals surface area (Å²) >= 11 is 1.53. The fraction of sp³-hybridized carbons (Fsp3) is 0.310. The predicted molar refractivity (Wildman–Crippen MR) is 151 cm³/mol. The number of hydrogen-bond donors (Lipinski definition) is 0. The van der Waals surface area contributed by atoms with Crippen LogP contribution < -0.4 is 9.64 Å². The molecule has 7 nitrogen and oxygen atoms in total. The molecule has 0 N–H and O–H groups in total. The van der Waals surface area contributed by atoms with Gasteiger partial charge < -0.3 is 4.74 Å². The van der Waals surface area contributed by atoms with E-state index in [0.29, 0.717) is 43.4 Å². The van der Waals surface area contributed by atoms with Gasteiger partial charge in [-0.05, 0) is 66.8 Å². The average molecular weight is 550 g/mol. The Labute approximate surface area is 227 Å². The third-order valence-corrected chi connectivity index (χ3v) is 9.98. The molecule has 1 aliphatic rings.